The van der Waals surface area contributed by atoms with Gasteiger partial charge in [-0.05, 0) is 56.9 Å². The van der Waals surface area contributed by atoms with Gasteiger partial charge in [-0.1, -0.05) is 0 Å². The van der Waals surface area contributed by atoms with Crippen molar-refractivity contribution >= 4 is 18.3 Å². The van der Waals surface area contributed by atoms with Crippen molar-refractivity contribution in [2.45, 2.75) is 51.1 Å². The summed E-state index contributed by atoms with van der Waals surface area (Å²) in [4.78, 5) is 14.4. The average Bonchev–Trinajstić information content (AvgIpc) is 2.59. The van der Waals surface area contributed by atoms with E-state index in [1.807, 2.05) is 36.1 Å². The van der Waals surface area contributed by atoms with E-state index in [2.05, 4.69) is 0 Å². The molecule has 0 bridgehead atoms. The second kappa shape index (κ2) is 10.4. The molecular formula is C18H29ClN2O3. The van der Waals surface area contributed by atoms with Gasteiger partial charge in [-0.25, -0.2) is 0 Å². The predicted octanol–water partition coefficient (Wildman–Crippen LogP) is 3.00. The van der Waals surface area contributed by atoms with Gasteiger partial charge in [0.25, 0.3) is 0 Å². The van der Waals surface area contributed by atoms with Gasteiger partial charge in [0.05, 0.1) is 13.7 Å². The predicted molar refractivity (Wildman–Crippen MR) is 98.0 cm³/mol. The maximum Gasteiger partial charge on any atom is 0.222 e. The Kier molecular flexibility index (Phi) is 8.93. The Morgan fingerprint density at radius 3 is 2.58 bits per heavy atom. The van der Waals surface area contributed by atoms with E-state index in [-0.39, 0.29) is 30.4 Å². The van der Waals surface area contributed by atoms with E-state index in [1.54, 1.807) is 7.11 Å². The number of nitrogens with zero attached hydrogens (tertiary/aromatic N) is 1. The highest BCUT2D eigenvalue weighted by Gasteiger charge is 2.28. The van der Waals surface area contributed by atoms with Crippen LogP contribution in [0.5, 0.6) is 11.5 Å². The van der Waals surface area contributed by atoms with Crippen LogP contribution in [0.4, 0.5) is 0 Å². The normalized spacial score (nSPS) is 18.5. The van der Waals surface area contributed by atoms with Crippen LogP contribution in [0.3, 0.4) is 0 Å². The number of carbonyl (C=O) groups excluding carboxylic acids is 1. The number of hydrogen-bond donors (Lipinski definition) is 1. The van der Waals surface area contributed by atoms with Crippen LogP contribution in [0, 0.1) is 0 Å². The van der Waals surface area contributed by atoms with Crippen molar-refractivity contribution in [2.24, 2.45) is 5.73 Å². The van der Waals surface area contributed by atoms with E-state index in [4.69, 9.17) is 15.2 Å². The Morgan fingerprint density at radius 1 is 1.29 bits per heavy atom. The molecule has 1 amide bonds. The minimum atomic E-state index is 0. The van der Waals surface area contributed by atoms with Crippen LogP contribution in [0.1, 0.15) is 39.0 Å². The molecule has 5 nitrogen and oxygen atoms in total. The number of carbonyl (C=O) groups is 1. The van der Waals surface area contributed by atoms with Crippen LogP contribution in [0.15, 0.2) is 24.3 Å². The quantitative estimate of drug-likeness (QED) is 0.763. The average molecular weight is 357 g/mol. The van der Waals surface area contributed by atoms with Crippen LogP contribution in [-0.2, 0) is 4.79 Å². The molecule has 1 fully saturated rings. The van der Waals surface area contributed by atoms with Gasteiger partial charge in [0.2, 0.25) is 5.91 Å². The number of piperidine rings is 1. The van der Waals surface area contributed by atoms with Crippen LogP contribution in [-0.4, -0.2) is 43.2 Å². The summed E-state index contributed by atoms with van der Waals surface area (Å²) < 4.78 is 10.8. The molecule has 0 saturated carbocycles. The zero-order valence-electron chi connectivity index (χ0n) is 14.6. The number of hydrogen-bond acceptors (Lipinski definition) is 4. The number of benzene rings is 1. The van der Waals surface area contributed by atoms with Crippen molar-refractivity contribution in [3.05, 3.63) is 24.3 Å². The summed E-state index contributed by atoms with van der Waals surface area (Å²) in [5.74, 6) is 1.80. The van der Waals surface area contributed by atoms with Crippen LogP contribution in [0.2, 0.25) is 0 Å². The molecule has 1 aliphatic rings. The number of halogens is 1. The molecule has 0 spiro atoms. The van der Waals surface area contributed by atoms with E-state index >= 15 is 0 Å². The molecule has 1 aromatic carbocycles. The molecule has 2 atom stereocenters. The first-order valence-corrected chi connectivity index (χ1v) is 8.43. The minimum Gasteiger partial charge on any atom is -0.497 e. The summed E-state index contributed by atoms with van der Waals surface area (Å²) in [6.45, 7) is 3.36. The molecule has 2 rings (SSSR count). The minimum absolute atomic E-state index is 0. The fourth-order valence-corrected chi connectivity index (χ4v) is 3.04. The van der Waals surface area contributed by atoms with E-state index in [0.29, 0.717) is 19.4 Å². The number of likely N-dealkylation sites (tertiary alicyclic amines) is 1. The Morgan fingerprint density at radius 2 is 1.96 bits per heavy atom. The number of amides is 1. The number of nitrogens with two attached hydrogens (primary N) is 1. The van der Waals surface area contributed by atoms with Crippen molar-refractivity contribution in [3.8, 4) is 11.5 Å². The van der Waals surface area contributed by atoms with Gasteiger partial charge in [-0.3, -0.25) is 4.79 Å². The zero-order chi connectivity index (χ0) is 16.7. The summed E-state index contributed by atoms with van der Waals surface area (Å²) in [7, 11) is 1.64. The lowest BCUT2D eigenvalue weighted by Crippen LogP contribution is -2.51. The van der Waals surface area contributed by atoms with Crippen molar-refractivity contribution in [1.29, 1.82) is 0 Å². The van der Waals surface area contributed by atoms with Gasteiger partial charge in [0.1, 0.15) is 11.5 Å². The van der Waals surface area contributed by atoms with Crippen LogP contribution in [0.25, 0.3) is 0 Å². The monoisotopic (exact) mass is 356 g/mol. The first-order valence-electron chi connectivity index (χ1n) is 8.43. The second-order valence-corrected chi connectivity index (χ2v) is 6.14. The SMILES string of the molecule is COc1ccc(OCCCC(=O)N2CCCCC2C(C)N)cc1.Cl. The third-order valence-corrected chi connectivity index (χ3v) is 4.34. The molecule has 24 heavy (non-hydrogen) atoms. The molecular weight excluding hydrogens is 328 g/mol. The molecule has 2 N–H and O–H groups in total. The molecule has 0 radical (unpaired) electrons. The molecule has 1 aliphatic heterocycles. The molecule has 1 heterocycles. The summed E-state index contributed by atoms with van der Waals surface area (Å²) in [5.41, 5.74) is 6.02. The largest absolute Gasteiger partial charge is 0.497 e. The van der Waals surface area contributed by atoms with Gasteiger partial charge < -0.3 is 20.1 Å². The number of rotatable bonds is 7. The van der Waals surface area contributed by atoms with E-state index in [1.165, 1.54) is 0 Å². The first kappa shape index (κ1) is 20.6. The zero-order valence-corrected chi connectivity index (χ0v) is 15.4. The Hall–Kier alpha value is -1.46. The first-order chi connectivity index (χ1) is 11.1. The number of ether oxygens (including phenoxy) is 2. The standard InChI is InChI=1S/C18H28N2O3.ClH/c1-14(19)17-6-3-4-12-20(17)18(21)7-5-13-23-16-10-8-15(22-2)9-11-16;/h8-11,14,17H,3-7,12-13,19H2,1-2H3;1H. The summed E-state index contributed by atoms with van der Waals surface area (Å²) in [6, 6.07) is 7.70. The molecule has 6 heteroatoms. The molecule has 0 aromatic heterocycles. The van der Waals surface area contributed by atoms with E-state index in [0.717, 1.165) is 37.3 Å². The maximum atomic E-state index is 12.4. The van der Waals surface area contributed by atoms with Gasteiger partial charge in [0.15, 0.2) is 0 Å². The summed E-state index contributed by atoms with van der Waals surface area (Å²) in [5, 5.41) is 0. The fraction of sp³-hybridized carbons (Fsp3) is 0.611. The Bertz CT molecular complexity index is 494. The lowest BCUT2D eigenvalue weighted by atomic mass is 9.96. The second-order valence-electron chi connectivity index (χ2n) is 6.14. The highest BCUT2D eigenvalue weighted by Crippen LogP contribution is 2.21. The van der Waals surface area contributed by atoms with E-state index in [9.17, 15) is 4.79 Å². The lowest BCUT2D eigenvalue weighted by molar-refractivity contribution is -0.135. The summed E-state index contributed by atoms with van der Waals surface area (Å²) in [6.07, 6.45) is 4.49. The molecule has 1 aromatic rings. The van der Waals surface area contributed by atoms with Gasteiger partial charge >= 0.3 is 0 Å². The van der Waals surface area contributed by atoms with Crippen molar-refractivity contribution < 1.29 is 14.3 Å². The Balaban J connectivity index is 0.00000288. The fourth-order valence-electron chi connectivity index (χ4n) is 3.04. The van der Waals surface area contributed by atoms with Crippen molar-refractivity contribution in [2.75, 3.05) is 20.3 Å². The third kappa shape index (κ3) is 5.87. The molecule has 2 unspecified atom stereocenters. The lowest BCUT2D eigenvalue weighted by Gasteiger charge is -2.38. The van der Waals surface area contributed by atoms with Gasteiger partial charge in [-0.15, -0.1) is 12.4 Å². The number of methoxy groups -OCH3 is 1. The Labute approximate surface area is 150 Å². The third-order valence-electron chi connectivity index (χ3n) is 4.34. The maximum absolute atomic E-state index is 12.4. The van der Waals surface area contributed by atoms with Gasteiger partial charge in [0, 0.05) is 25.0 Å². The van der Waals surface area contributed by atoms with Crippen molar-refractivity contribution in [1.82, 2.24) is 4.90 Å². The van der Waals surface area contributed by atoms with Gasteiger partial charge in [-0.2, -0.15) is 0 Å². The van der Waals surface area contributed by atoms with E-state index < -0.39 is 0 Å². The van der Waals surface area contributed by atoms with Crippen molar-refractivity contribution in [3.63, 3.8) is 0 Å². The highest BCUT2D eigenvalue weighted by molar-refractivity contribution is 5.85. The molecule has 0 aliphatic carbocycles. The summed E-state index contributed by atoms with van der Waals surface area (Å²) >= 11 is 0. The molecule has 1 saturated heterocycles. The smallest absolute Gasteiger partial charge is 0.222 e. The van der Waals surface area contributed by atoms with Crippen LogP contribution < -0.4 is 15.2 Å². The highest BCUT2D eigenvalue weighted by atomic mass is 35.5. The molecule has 136 valence electrons. The topological polar surface area (TPSA) is 64.8 Å². The van der Waals surface area contributed by atoms with Crippen LogP contribution >= 0.6 is 12.4 Å².